The number of rotatable bonds is 7. The fourth-order valence-corrected chi connectivity index (χ4v) is 3.56. The molecule has 0 saturated carbocycles. The van der Waals surface area contributed by atoms with Crippen molar-refractivity contribution in [1.82, 2.24) is 9.88 Å². The van der Waals surface area contributed by atoms with Gasteiger partial charge in [0.05, 0.1) is 12.7 Å². The van der Waals surface area contributed by atoms with E-state index in [0.29, 0.717) is 12.3 Å². The average molecular weight is 338 g/mol. The maximum Gasteiger partial charge on any atom is 0.246 e. The molecule has 1 aromatic carbocycles. The molecule has 0 saturated heterocycles. The minimum Gasteiger partial charge on any atom is -0.374 e. The number of aryl methyl sites for hydroxylation is 2. The van der Waals surface area contributed by atoms with E-state index < -0.39 is 10.0 Å². The van der Waals surface area contributed by atoms with Crippen LogP contribution in [0.4, 0.5) is 0 Å². The molecule has 6 nitrogen and oxygen atoms in total. The minimum absolute atomic E-state index is 0.105. The topological polar surface area (TPSA) is 81.4 Å². The molecule has 126 valence electrons. The number of ether oxygens (including phenoxy) is 1. The maximum absolute atomic E-state index is 12.4. The van der Waals surface area contributed by atoms with E-state index in [4.69, 9.17) is 9.26 Å². The Morgan fingerprint density at radius 2 is 1.87 bits per heavy atom. The first kappa shape index (κ1) is 17.7. The second-order valence-electron chi connectivity index (χ2n) is 5.61. The van der Waals surface area contributed by atoms with Crippen LogP contribution in [0.15, 0.2) is 33.7 Å². The van der Waals surface area contributed by atoms with Gasteiger partial charge in [0.15, 0.2) is 5.76 Å². The van der Waals surface area contributed by atoms with Gasteiger partial charge in [0.2, 0.25) is 10.0 Å². The van der Waals surface area contributed by atoms with Crippen molar-refractivity contribution in [2.75, 3.05) is 0 Å². The molecule has 1 heterocycles. The Bertz CT molecular complexity index is 747. The molecule has 0 bridgehead atoms. The van der Waals surface area contributed by atoms with Crippen LogP contribution in [0.3, 0.4) is 0 Å². The van der Waals surface area contributed by atoms with Gasteiger partial charge in [0.25, 0.3) is 0 Å². The lowest BCUT2D eigenvalue weighted by atomic mass is 10.1. The zero-order valence-electron chi connectivity index (χ0n) is 13.8. The smallest absolute Gasteiger partial charge is 0.246 e. The molecule has 7 heteroatoms. The standard InChI is InChI=1S/C16H22N2O4S/c1-11(2)21-10-15-8-6-5-7-14(15)9-17-23(19,20)16-12(3)18-22-13(16)4/h5-8,11,17H,9-10H2,1-4H3. The molecule has 2 aromatic rings. The second-order valence-corrected chi connectivity index (χ2v) is 7.31. The van der Waals surface area contributed by atoms with Crippen LogP contribution in [0, 0.1) is 13.8 Å². The predicted octanol–water partition coefficient (Wildman–Crippen LogP) is 2.69. The van der Waals surface area contributed by atoms with Crippen molar-refractivity contribution in [2.24, 2.45) is 0 Å². The number of hydrogen-bond acceptors (Lipinski definition) is 5. The zero-order chi connectivity index (χ0) is 17.0. The molecule has 0 aliphatic heterocycles. The van der Waals surface area contributed by atoms with E-state index in [0.717, 1.165) is 11.1 Å². The molecule has 0 fully saturated rings. The summed E-state index contributed by atoms with van der Waals surface area (Å²) in [5.74, 6) is 0.284. The van der Waals surface area contributed by atoms with Crippen molar-refractivity contribution in [3.05, 3.63) is 46.8 Å². The number of nitrogens with one attached hydrogen (secondary N) is 1. The number of hydrogen-bond donors (Lipinski definition) is 1. The highest BCUT2D eigenvalue weighted by atomic mass is 32.2. The van der Waals surface area contributed by atoms with Gasteiger partial charge in [0, 0.05) is 6.54 Å². The van der Waals surface area contributed by atoms with Crippen molar-refractivity contribution in [3.8, 4) is 0 Å². The van der Waals surface area contributed by atoms with Crippen molar-refractivity contribution in [1.29, 1.82) is 0 Å². The van der Waals surface area contributed by atoms with Gasteiger partial charge in [-0.3, -0.25) is 0 Å². The van der Waals surface area contributed by atoms with E-state index in [1.807, 2.05) is 38.1 Å². The van der Waals surface area contributed by atoms with Gasteiger partial charge in [-0.25, -0.2) is 13.1 Å². The molecule has 2 rings (SSSR count). The molecule has 0 atom stereocenters. The average Bonchev–Trinajstić information content (AvgIpc) is 2.83. The molecule has 0 radical (unpaired) electrons. The van der Waals surface area contributed by atoms with Crippen LogP contribution in [-0.2, 0) is 27.9 Å². The molecule has 0 aliphatic carbocycles. The predicted molar refractivity (Wildman–Crippen MR) is 86.4 cm³/mol. The highest BCUT2D eigenvalue weighted by Crippen LogP contribution is 2.19. The summed E-state index contributed by atoms with van der Waals surface area (Å²) in [6.45, 7) is 7.74. The summed E-state index contributed by atoms with van der Waals surface area (Å²) in [4.78, 5) is 0.105. The van der Waals surface area contributed by atoms with Crippen molar-refractivity contribution >= 4 is 10.0 Å². The van der Waals surface area contributed by atoms with Gasteiger partial charge in [-0.05, 0) is 38.8 Å². The van der Waals surface area contributed by atoms with Crippen LogP contribution in [0.2, 0.25) is 0 Å². The Labute approximate surface area is 136 Å². The van der Waals surface area contributed by atoms with E-state index in [1.54, 1.807) is 13.8 Å². The van der Waals surface area contributed by atoms with E-state index in [-0.39, 0.29) is 23.3 Å². The summed E-state index contributed by atoms with van der Waals surface area (Å²) in [6, 6.07) is 7.60. The monoisotopic (exact) mass is 338 g/mol. The minimum atomic E-state index is -3.67. The summed E-state index contributed by atoms with van der Waals surface area (Å²) in [5.41, 5.74) is 2.19. The van der Waals surface area contributed by atoms with Gasteiger partial charge < -0.3 is 9.26 Å². The summed E-state index contributed by atoms with van der Waals surface area (Å²) in [6.07, 6.45) is 0.113. The third-order valence-electron chi connectivity index (χ3n) is 3.38. The van der Waals surface area contributed by atoms with E-state index in [2.05, 4.69) is 9.88 Å². The number of benzene rings is 1. The van der Waals surface area contributed by atoms with Crippen LogP contribution in [0.25, 0.3) is 0 Å². The van der Waals surface area contributed by atoms with E-state index >= 15 is 0 Å². The van der Waals surface area contributed by atoms with Crippen LogP contribution >= 0.6 is 0 Å². The van der Waals surface area contributed by atoms with Crippen LogP contribution in [0.1, 0.15) is 36.4 Å². The molecule has 23 heavy (non-hydrogen) atoms. The maximum atomic E-state index is 12.4. The lowest BCUT2D eigenvalue weighted by Gasteiger charge is -2.13. The number of sulfonamides is 1. The SMILES string of the molecule is Cc1noc(C)c1S(=O)(=O)NCc1ccccc1COC(C)C. The van der Waals surface area contributed by atoms with Crippen molar-refractivity contribution in [2.45, 2.75) is 51.8 Å². The highest BCUT2D eigenvalue weighted by molar-refractivity contribution is 7.89. The number of aromatic nitrogens is 1. The summed E-state index contributed by atoms with van der Waals surface area (Å²) >= 11 is 0. The van der Waals surface area contributed by atoms with Gasteiger partial charge >= 0.3 is 0 Å². The largest absolute Gasteiger partial charge is 0.374 e. The lowest BCUT2D eigenvalue weighted by molar-refractivity contribution is 0.0652. The van der Waals surface area contributed by atoms with Crippen LogP contribution < -0.4 is 4.72 Å². The summed E-state index contributed by atoms with van der Waals surface area (Å²) in [5, 5.41) is 3.69. The fraction of sp³-hybridized carbons (Fsp3) is 0.438. The Balaban J connectivity index is 2.15. The molecule has 0 unspecified atom stereocenters. The lowest BCUT2D eigenvalue weighted by Crippen LogP contribution is -2.25. The van der Waals surface area contributed by atoms with Crippen LogP contribution in [0.5, 0.6) is 0 Å². The molecule has 1 N–H and O–H groups in total. The summed E-state index contributed by atoms with van der Waals surface area (Å²) in [7, 11) is -3.67. The first-order valence-corrected chi connectivity index (χ1v) is 8.90. The molecule has 0 spiro atoms. The summed E-state index contributed by atoms with van der Waals surface area (Å²) < 4.78 is 38.0. The Hall–Kier alpha value is -1.70. The first-order chi connectivity index (χ1) is 10.8. The van der Waals surface area contributed by atoms with E-state index in [1.165, 1.54) is 0 Å². The molecular weight excluding hydrogens is 316 g/mol. The van der Waals surface area contributed by atoms with Gasteiger partial charge in [0.1, 0.15) is 10.6 Å². The van der Waals surface area contributed by atoms with Crippen molar-refractivity contribution < 1.29 is 17.7 Å². The van der Waals surface area contributed by atoms with Gasteiger partial charge in [-0.1, -0.05) is 29.4 Å². The molecular formula is C16H22N2O4S. The Morgan fingerprint density at radius 3 is 2.43 bits per heavy atom. The fourth-order valence-electron chi connectivity index (χ4n) is 2.23. The zero-order valence-corrected chi connectivity index (χ0v) is 14.6. The van der Waals surface area contributed by atoms with Gasteiger partial charge in [-0.2, -0.15) is 0 Å². The quantitative estimate of drug-likeness (QED) is 0.839. The third kappa shape index (κ3) is 4.40. The highest BCUT2D eigenvalue weighted by Gasteiger charge is 2.24. The van der Waals surface area contributed by atoms with Crippen LogP contribution in [-0.4, -0.2) is 19.7 Å². The Kier molecular flexibility index (Phi) is 5.56. The van der Waals surface area contributed by atoms with Gasteiger partial charge in [-0.15, -0.1) is 0 Å². The molecule has 0 amide bonds. The number of nitrogens with zero attached hydrogens (tertiary/aromatic N) is 1. The molecule has 1 aromatic heterocycles. The third-order valence-corrected chi connectivity index (χ3v) is 5.02. The molecule has 0 aliphatic rings. The normalized spacial score (nSPS) is 12.0. The first-order valence-electron chi connectivity index (χ1n) is 7.42. The van der Waals surface area contributed by atoms with E-state index in [9.17, 15) is 8.42 Å². The Morgan fingerprint density at radius 1 is 1.22 bits per heavy atom. The second kappa shape index (κ2) is 7.25. The van der Waals surface area contributed by atoms with Crippen molar-refractivity contribution in [3.63, 3.8) is 0 Å².